The molecule has 27 heavy (non-hydrogen) atoms. The number of benzene rings is 1. The molecule has 1 aromatic rings. The van der Waals surface area contributed by atoms with Gasteiger partial charge in [-0.1, -0.05) is 0 Å². The third-order valence-electron chi connectivity index (χ3n) is 5.58. The lowest BCUT2D eigenvalue weighted by molar-refractivity contribution is -0.136. The largest absolute Gasteiger partial charge is 0.369 e. The molecule has 1 aromatic carbocycles. The number of hydrogen-bond acceptors (Lipinski definition) is 6. The number of nitrogens with one attached hydrogen (secondary N) is 1. The SMILES string of the molecule is O=CCN1CCN(c2ccc3c(c2)CN(C2CCC(=O)NC2=O)C3=O)CC1. The molecule has 2 fully saturated rings. The number of carbonyl (C=O) groups excluding carboxylic acids is 4. The standard InChI is InChI=1S/C19H22N4O4/c24-10-9-21-5-7-22(8-6-21)14-1-2-15-13(11-14)12-23(19(15)27)16-3-4-17(25)20-18(16)26/h1-2,10-11,16H,3-9,12H2,(H,20,25,26). The number of nitrogens with zero attached hydrogens (tertiary/aromatic N) is 3. The Morgan fingerprint density at radius 2 is 1.89 bits per heavy atom. The first-order valence-electron chi connectivity index (χ1n) is 9.25. The van der Waals surface area contributed by atoms with Gasteiger partial charge in [0.05, 0.1) is 6.54 Å². The highest BCUT2D eigenvalue weighted by atomic mass is 16.2. The average Bonchev–Trinajstić information content (AvgIpc) is 2.98. The number of carbonyl (C=O) groups is 4. The molecule has 3 aliphatic rings. The quantitative estimate of drug-likeness (QED) is 0.582. The minimum Gasteiger partial charge on any atom is -0.369 e. The van der Waals surface area contributed by atoms with Crippen LogP contribution < -0.4 is 10.2 Å². The zero-order chi connectivity index (χ0) is 19.0. The van der Waals surface area contributed by atoms with E-state index >= 15 is 0 Å². The fourth-order valence-electron chi connectivity index (χ4n) is 4.05. The van der Waals surface area contributed by atoms with Crippen molar-refractivity contribution in [2.24, 2.45) is 0 Å². The molecule has 8 nitrogen and oxygen atoms in total. The van der Waals surface area contributed by atoms with Crippen molar-refractivity contribution >= 4 is 29.7 Å². The third-order valence-corrected chi connectivity index (χ3v) is 5.58. The van der Waals surface area contributed by atoms with Crippen LogP contribution in [-0.4, -0.2) is 72.6 Å². The summed E-state index contributed by atoms with van der Waals surface area (Å²) in [5.41, 5.74) is 2.60. The van der Waals surface area contributed by atoms with Gasteiger partial charge in [-0.2, -0.15) is 0 Å². The van der Waals surface area contributed by atoms with Crippen LogP contribution >= 0.6 is 0 Å². The van der Waals surface area contributed by atoms with Crippen molar-refractivity contribution in [2.45, 2.75) is 25.4 Å². The van der Waals surface area contributed by atoms with Crippen molar-refractivity contribution in [3.05, 3.63) is 29.3 Å². The number of aldehydes is 1. The fourth-order valence-corrected chi connectivity index (χ4v) is 4.05. The molecule has 1 N–H and O–H groups in total. The van der Waals surface area contributed by atoms with Crippen molar-refractivity contribution in [3.63, 3.8) is 0 Å². The number of hydrogen-bond donors (Lipinski definition) is 1. The Morgan fingerprint density at radius 1 is 1.11 bits per heavy atom. The molecule has 0 aromatic heterocycles. The lowest BCUT2D eigenvalue weighted by Crippen LogP contribution is -2.52. The maximum Gasteiger partial charge on any atom is 0.255 e. The molecular weight excluding hydrogens is 348 g/mol. The second kappa shape index (κ2) is 7.11. The van der Waals surface area contributed by atoms with E-state index in [2.05, 4.69) is 15.1 Å². The Kier molecular flexibility index (Phi) is 4.65. The number of amides is 3. The number of anilines is 1. The Hall–Kier alpha value is -2.74. The van der Waals surface area contributed by atoms with Gasteiger partial charge in [0.1, 0.15) is 12.3 Å². The summed E-state index contributed by atoms with van der Waals surface area (Å²) < 4.78 is 0. The van der Waals surface area contributed by atoms with Crippen molar-refractivity contribution in [1.82, 2.24) is 15.1 Å². The van der Waals surface area contributed by atoms with Crippen LogP contribution in [0.1, 0.15) is 28.8 Å². The fraction of sp³-hybridized carbons (Fsp3) is 0.474. The number of fused-ring (bicyclic) bond motifs is 1. The van der Waals surface area contributed by atoms with Crippen molar-refractivity contribution in [2.75, 3.05) is 37.6 Å². The van der Waals surface area contributed by atoms with E-state index < -0.39 is 6.04 Å². The van der Waals surface area contributed by atoms with Gasteiger partial charge in [-0.3, -0.25) is 24.6 Å². The maximum atomic E-state index is 12.7. The Morgan fingerprint density at radius 3 is 2.59 bits per heavy atom. The van der Waals surface area contributed by atoms with Crippen LogP contribution in [0.4, 0.5) is 5.69 Å². The van der Waals surface area contributed by atoms with Gasteiger partial charge in [-0.15, -0.1) is 0 Å². The molecule has 0 spiro atoms. The maximum absolute atomic E-state index is 12.7. The molecular formula is C19H22N4O4. The van der Waals surface area contributed by atoms with Crippen LogP contribution in [-0.2, 0) is 20.9 Å². The summed E-state index contributed by atoms with van der Waals surface area (Å²) >= 11 is 0. The van der Waals surface area contributed by atoms with Gasteiger partial charge in [-0.25, -0.2) is 0 Å². The first kappa shape index (κ1) is 17.7. The molecule has 0 aliphatic carbocycles. The minimum absolute atomic E-state index is 0.151. The van der Waals surface area contributed by atoms with E-state index in [0.717, 1.165) is 43.7 Å². The van der Waals surface area contributed by atoms with Gasteiger partial charge in [0.25, 0.3) is 5.91 Å². The topological polar surface area (TPSA) is 90.0 Å². The number of piperazine rings is 1. The van der Waals surface area contributed by atoms with Crippen LogP contribution in [0.2, 0.25) is 0 Å². The third kappa shape index (κ3) is 3.32. The van der Waals surface area contributed by atoms with Gasteiger partial charge in [0.15, 0.2) is 0 Å². The van der Waals surface area contributed by atoms with Gasteiger partial charge in [-0.05, 0) is 30.2 Å². The van der Waals surface area contributed by atoms with Gasteiger partial charge < -0.3 is 14.6 Å². The molecule has 0 saturated carbocycles. The number of rotatable bonds is 4. The molecule has 0 bridgehead atoms. The van der Waals surface area contributed by atoms with Crippen molar-refractivity contribution < 1.29 is 19.2 Å². The first-order valence-corrected chi connectivity index (χ1v) is 9.25. The van der Waals surface area contributed by atoms with Gasteiger partial charge in [0.2, 0.25) is 11.8 Å². The lowest BCUT2D eigenvalue weighted by atomic mass is 10.0. The van der Waals surface area contributed by atoms with E-state index in [1.54, 1.807) is 4.90 Å². The molecule has 8 heteroatoms. The summed E-state index contributed by atoms with van der Waals surface area (Å²) in [4.78, 5) is 52.8. The molecule has 0 radical (unpaired) electrons. The van der Waals surface area contributed by atoms with Crippen LogP contribution in [0.15, 0.2) is 18.2 Å². The van der Waals surface area contributed by atoms with E-state index in [1.807, 2.05) is 18.2 Å². The first-order chi connectivity index (χ1) is 13.1. The Balaban J connectivity index is 1.47. The smallest absolute Gasteiger partial charge is 0.255 e. The van der Waals surface area contributed by atoms with Crippen LogP contribution in [0.3, 0.4) is 0 Å². The molecule has 3 heterocycles. The highest BCUT2D eigenvalue weighted by Crippen LogP contribution is 2.30. The zero-order valence-electron chi connectivity index (χ0n) is 15.0. The average molecular weight is 370 g/mol. The van der Waals surface area contributed by atoms with Crippen molar-refractivity contribution in [3.8, 4) is 0 Å². The lowest BCUT2D eigenvalue weighted by Gasteiger charge is -2.35. The van der Waals surface area contributed by atoms with E-state index in [-0.39, 0.29) is 24.1 Å². The summed E-state index contributed by atoms with van der Waals surface area (Å²) in [7, 11) is 0. The summed E-state index contributed by atoms with van der Waals surface area (Å²) in [5.74, 6) is -0.822. The molecule has 2 saturated heterocycles. The summed E-state index contributed by atoms with van der Waals surface area (Å²) in [6, 6.07) is 5.21. The van der Waals surface area contributed by atoms with E-state index in [4.69, 9.17) is 0 Å². The Labute approximate surface area is 157 Å². The zero-order valence-corrected chi connectivity index (χ0v) is 15.0. The van der Waals surface area contributed by atoms with Crippen LogP contribution in [0.25, 0.3) is 0 Å². The van der Waals surface area contributed by atoms with E-state index in [9.17, 15) is 19.2 Å². The predicted molar refractivity (Wildman–Crippen MR) is 97.2 cm³/mol. The summed E-state index contributed by atoms with van der Waals surface area (Å²) in [6.07, 6.45) is 1.56. The second-order valence-electron chi connectivity index (χ2n) is 7.20. The highest BCUT2D eigenvalue weighted by Gasteiger charge is 2.39. The molecule has 142 valence electrons. The van der Waals surface area contributed by atoms with E-state index in [0.29, 0.717) is 25.1 Å². The highest BCUT2D eigenvalue weighted by molar-refractivity contribution is 6.05. The van der Waals surface area contributed by atoms with Crippen molar-refractivity contribution in [1.29, 1.82) is 0 Å². The predicted octanol–water partition coefficient (Wildman–Crippen LogP) is -0.231. The van der Waals surface area contributed by atoms with E-state index in [1.165, 1.54) is 0 Å². The normalized spacial score (nSPS) is 23.4. The molecule has 1 atom stereocenters. The molecule has 3 amide bonds. The number of imide groups is 1. The van der Waals surface area contributed by atoms with Crippen LogP contribution in [0.5, 0.6) is 0 Å². The van der Waals surface area contributed by atoms with Gasteiger partial charge >= 0.3 is 0 Å². The molecule has 4 rings (SSSR count). The number of piperidine rings is 1. The minimum atomic E-state index is -0.585. The molecule has 1 unspecified atom stereocenters. The second-order valence-corrected chi connectivity index (χ2v) is 7.20. The monoisotopic (exact) mass is 370 g/mol. The van der Waals surface area contributed by atoms with Gasteiger partial charge in [0, 0.05) is 50.4 Å². The summed E-state index contributed by atoms with van der Waals surface area (Å²) in [6.45, 7) is 4.18. The summed E-state index contributed by atoms with van der Waals surface area (Å²) in [5, 5.41) is 2.32. The van der Waals surface area contributed by atoms with Crippen LogP contribution in [0, 0.1) is 0 Å². The Bertz CT molecular complexity index is 801. The molecule has 3 aliphatic heterocycles.